The van der Waals surface area contributed by atoms with E-state index in [-0.39, 0.29) is 0 Å². The minimum absolute atomic E-state index is 0.400. The smallest absolute Gasteiger partial charge is 0.157 e. The lowest BCUT2D eigenvalue weighted by molar-refractivity contribution is 0.343. The van der Waals surface area contributed by atoms with E-state index in [4.69, 9.17) is 4.74 Å². The molecule has 0 unspecified atom stereocenters. The third-order valence-corrected chi connectivity index (χ3v) is 2.67. The van der Waals surface area contributed by atoms with E-state index in [1.165, 1.54) is 0 Å². The predicted molar refractivity (Wildman–Crippen MR) is 61.1 cm³/mol. The van der Waals surface area contributed by atoms with E-state index in [0.29, 0.717) is 6.04 Å². The zero-order valence-corrected chi connectivity index (χ0v) is 9.88. The molecule has 0 atom stereocenters. The molecule has 0 N–H and O–H groups in total. The van der Waals surface area contributed by atoms with Crippen LogP contribution >= 0.6 is 11.8 Å². The third kappa shape index (κ3) is 3.62. The Morgan fingerprint density at radius 2 is 2.36 bits per heavy atom. The number of thioether (sulfide) groups is 1. The van der Waals surface area contributed by atoms with Gasteiger partial charge in [-0.1, -0.05) is 6.92 Å². The SMILES string of the molecule is CCSCCOc1cnn(C(C)C)c1. The molecule has 0 aliphatic rings. The van der Waals surface area contributed by atoms with Gasteiger partial charge in [0, 0.05) is 11.8 Å². The second-order valence-electron chi connectivity index (χ2n) is 3.30. The van der Waals surface area contributed by atoms with Gasteiger partial charge < -0.3 is 4.74 Å². The van der Waals surface area contributed by atoms with Crippen LogP contribution in [0.25, 0.3) is 0 Å². The first-order chi connectivity index (χ1) is 6.74. The van der Waals surface area contributed by atoms with Gasteiger partial charge in [0.15, 0.2) is 5.75 Å². The first kappa shape index (κ1) is 11.4. The van der Waals surface area contributed by atoms with E-state index in [2.05, 4.69) is 25.9 Å². The summed E-state index contributed by atoms with van der Waals surface area (Å²) < 4.78 is 7.44. The van der Waals surface area contributed by atoms with Crippen LogP contribution in [0.4, 0.5) is 0 Å². The minimum Gasteiger partial charge on any atom is -0.489 e. The Morgan fingerprint density at radius 1 is 1.57 bits per heavy atom. The van der Waals surface area contributed by atoms with Crippen molar-refractivity contribution in [2.45, 2.75) is 26.8 Å². The summed E-state index contributed by atoms with van der Waals surface area (Å²) in [6.45, 7) is 7.12. The molecule has 0 aromatic carbocycles. The summed E-state index contributed by atoms with van der Waals surface area (Å²) in [5.74, 6) is 3.06. The summed E-state index contributed by atoms with van der Waals surface area (Å²) in [5.41, 5.74) is 0. The van der Waals surface area contributed by atoms with Gasteiger partial charge in [-0.05, 0) is 19.6 Å². The normalized spacial score (nSPS) is 10.9. The standard InChI is InChI=1S/C10H18N2OS/c1-4-14-6-5-13-10-7-11-12(8-10)9(2)3/h7-9H,4-6H2,1-3H3. The highest BCUT2D eigenvalue weighted by molar-refractivity contribution is 7.99. The molecule has 0 amide bonds. The largest absolute Gasteiger partial charge is 0.489 e. The average Bonchev–Trinajstić information content (AvgIpc) is 2.61. The second-order valence-corrected chi connectivity index (χ2v) is 4.69. The predicted octanol–water partition coefficient (Wildman–Crippen LogP) is 2.60. The summed E-state index contributed by atoms with van der Waals surface area (Å²) in [4.78, 5) is 0. The van der Waals surface area contributed by atoms with Gasteiger partial charge in [-0.3, -0.25) is 4.68 Å². The summed E-state index contributed by atoms with van der Waals surface area (Å²) >= 11 is 1.89. The molecule has 0 saturated carbocycles. The molecular formula is C10H18N2OS. The molecule has 0 aliphatic heterocycles. The van der Waals surface area contributed by atoms with Crippen LogP contribution in [-0.2, 0) is 0 Å². The Labute approximate surface area is 89.8 Å². The van der Waals surface area contributed by atoms with Gasteiger partial charge in [-0.2, -0.15) is 16.9 Å². The van der Waals surface area contributed by atoms with Gasteiger partial charge in [0.2, 0.25) is 0 Å². The van der Waals surface area contributed by atoms with Crippen molar-refractivity contribution in [3.63, 3.8) is 0 Å². The highest BCUT2D eigenvalue weighted by atomic mass is 32.2. The first-order valence-corrected chi connectivity index (χ1v) is 6.14. The van der Waals surface area contributed by atoms with Gasteiger partial charge in [0.05, 0.1) is 19.0 Å². The summed E-state index contributed by atoms with van der Waals surface area (Å²) in [6.07, 6.45) is 3.72. The molecule has 80 valence electrons. The van der Waals surface area contributed by atoms with E-state index in [9.17, 15) is 0 Å². The molecule has 14 heavy (non-hydrogen) atoms. The van der Waals surface area contributed by atoms with Crippen molar-refractivity contribution in [2.75, 3.05) is 18.1 Å². The van der Waals surface area contributed by atoms with E-state index in [0.717, 1.165) is 23.9 Å². The van der Waals surface area contributed by atoms with Gasteiger partial charge in [0.25, 0.3) is 0 Å². The first-order valence-electron chi connectivity index (χ1n) is 4.98. The van der Waals surface area contributed by atoms with Crippen molar-refractivity contribution in [1.82, 2.24) is 9.78 Å². The van der Waals surface area contributed by atoms with Crippen LogP contribution in [0, 0.1) is 0 Å². The molecule has 0 fully saturated rings. The van der Waals surface area contributed by atoms with Crippen LogP contribution in [0.5, 0.6) is 5.75 Å². The number of nitrogens with zero attached hydrogens (tertiary/aromatic N) is 2. The number of hydrogen-bond donors (Lipinski definition) is 0. The zero-order chi connectivity index (χ0) is 10.4. The highest BCUT2D eigenvalue weighted by Gasteiger charge is 2.01. The summed E-state index contributed by atoms with van der Waals surface area (Å²) in [7, 11) is 0. The highest BCUT2D eigenvalue weighted by Crippen LogP contribution is 2.12. The van der Waals surface area contributed by atoms with E-state index in [1.807, 2.05) is 22.6 Å². The number of aromatic nitrogens is 2. The molecule has 0 aliphatic carbocycles. The van der Waals surface area contributed by atoms with Crippen molar-refractivity contribution in [3.8, 4) is 5.75 Å². The average molecular weight is 214 g/mol. The summed E-state index contributed by atoms with van der Waals surface area (Å²) in [6, 6.07) is 0.400. The number of ether oxygens (including phenoxy) is 1. The fraction of sp³-hybridized carbons (Fsp3) is 0.700. The van der Waals surface area contributed by atoms with Crippen LogP contribution in [0.15, 0.2) is 12.4 Å². The van der Waals surface area contributed by atoms with Crippen molar-refractivity contribution in [1.29, 1.82) is 0 Å². The fourth-order valence-corrected chi connectivity index (χ4v) is 1.53. The van der Waals surface area contributed by atoms with Crippen LogP contribution in [0.3, 0.4) is 0 Å². The maximum Gasteiger partial charge on any atom is 0.157 e. The fourth-order valence-electron chi connectivity index (χ4n) is 1.04. The molecule has 0 bridgehead atoms. The topological polar surface area (TPSA) is 27.1 Å². The molecule has 4 heteroatoms. The zero-order valence-electron chi connectivity index (χ0n) is 9.06. The van der Waals surface area contributed by atoms with Crippen molar-refractivity contribution >= 4 is 11.8 Å². The molecule has 3 nitrogen and oxygen atoms in total. The molecule has 0 spiro atoms. The van der Waals surface area contributed by atoms with Gasteiger partial charge >= 0.3 is 0 Å². The maximum atomic E-state index is 5.53. The Hall–Kier alpha value is -0.640. The maximum absolute atomic E-state index is 5.53. The lowest BCUT2D eigenvalue weighted by Crippen LogP contribution is -2.01. The van der Waals surface area contributed by atoms with Gasteiger partial charge in [-0.15, -0.1) is 0 Å². The molecule has 0 radical (unpaired) electrons. The quantitative estimate of drug-likeness (QED) is 0.681. The lowest BCUT2D eigenvalue weighted by Gasteiger charge is -2.04. The monoisotopic (exact) mass is 214 g/mol. The number of rotatable bonds is 6. The Morgan fingerprint density at radius 3 is 2.93 bits per heavy atom. The summed E-state index contributed by atoms with van der Waals surface area (Å²) in [5, 5.41) is 4.20. The third-order valence-electron chi connectivity index (χ3n) is 1.81. The molecule has 1 aromatic rings. The molecule has 0 saturated heterocycles. The Bertz CT molecular complexity index is 260. The minimum atomic E-state index is 0.400. The number of hydrogen-bond acceptors (Lipinski definition) is 3. The lowest BCUT2D eigenvalue weighted by atomic mass is 10.4. The molecule has 1 heterocycles. The van der Waals surface area contributed by atoms with E-state index in [1.54, 1.807) is 6.20 Å². The molecule has 1 rings (SSSR count). The van der Waals surface area contributed by atoms with Crippen LogP contribution in [-0.4, -0.2) is 27.9 Å². The van der Waals surface area contributed by atoms with E-state index < -0.39 is 0 Å². The Balaban J connectivity index is 2.29. The van der Waals surface area contributed by atoms with Crippen molar-refractivity contribution < 1.29 is 4.74 Å². The van der Waals surface area contributed by atoms with Gasteiger partial charge in [-0.25, -0.2) is 0 Å². The van der Waals surface area contributed by atoms with Crippen molar-refractivity contribution in [3.05, 3.63) is 12.4 Å². The van der Waals surface area contributed by atoms with Crippen LogP contribution in [0.2, 0.25) is 0 Å². The van der Waals surface area contributed by atoms with E-state index >= 15 is 0 Å². The van der Waals surface area contributed by atoms with Crippen LogP contribution < -0.4 is 4.74 Å². The Kier molecular flexibility index (Phi) is 4.87. The van der Waals surface area contributed by atoms with Crippen molar-refractivity contribution in [2.24, 2.45) is 0 Å². The molecular weight excluding hydrogens is 196 g/mol. The van der Waals surface area contributed by atoms with Gasteiger partial charge in [0.1, 0.15) is 0 Å². The second kappa shape index (κ2) is 5.96. The van der Waals surface area contributed by atoms with Crippen LogP contribution in [0.1, 0.15) is 26.8 Å². The molecule has 1 aromatic heterocycles.